The molecule has 3 nitrogen and oxygen atoms in total. The molecule has 12 heavy (non-hydrogen) atoms. The molecular weight excluding hydrogens is 163 g/mol. The van der Waals surface area contributed by atoms with Crippen LogP contribution in [0.1, 0.15) is 25.7 Å². The lowest BCUT2D eigenvalue weighted by molar-refractivity contribution is -0.144. The van der Waals surface area contributed by atoms with Crippen molar-refractivity contribution in [1.29, 1.82) is 0 Å². The van der Waals surface area contributed by atoms with Gasteiger partial charge in [-0.3, -0.25) is 0 Å². The molecule has 1 rings (SSSR count). The monoisotopic (exact) mass is 176 g/mol. The highest BCUT2D eigenvalue weighted by Crippen LogP contribution is 2.18. The Hall–Kier alpha value is -0.640. The first-order valence-corrected chi connectivity index (χ1v) is 4.18. The Balaban J connectivity index is 2.24. The van der Waals surface area contributed by atoms with E-state index in [0.717, 1.165) is 19.3 Å². The molecule has 0 aromatic heterocycles. The number of carbonyl (C=O) groups is 1. The number of hydrogen-bond acceptors (Lipinski definition) is 2. The van der Waals surface area contributed by atoms with Crippen molar-refractivity contribution >= 4 is 5.97 Å². The molecule has 70 valence electrons. The zero-order valence-electron chi connectivity index (χ0n) is 6.83. The van der Waals surface area contributed by atoms with Crippen LogP contribution in [0.25, 0.3) is 0 Å². The lowest BCUT2D eigenvalue weighted by Crippen LogP contribution is -2.26. The minimum Gasteiger partial charge on any atom is -0.479 e. The van der Waals surface area contributed by atoms with Crippen molar-refractivity contribution in [2.75, 3.05) is 6.61 Å². The van der Waals surface area contributed by atoms with Crippen LogP contribution < -0.4 is 0 Å². The number of carboxylic acids is 1. The van der Waals surface area contributed by atoms with Gasteiger partial charge in [-0.05, 0) is 19.3 Å². The van der Waals surface area contributed by atoms with E-state index in [1.165, 1.54) is 0 Å². The lowest BCUT2D eigenvalue weighted by Gasteiger charge is -2.22. The summed E-state index contributed by atoms with van der Waals surface area (Å²) in [6.07, 6.45) is 0.832. The molecule has 2 atom stereocenters. The second-order valence-corrected chi connectivity index (χ2v) is 3.03. The van der Waals surface area contributed by atoms with Crippen molar-refractivity contribution < 1.29 is 19.0 Å². The molecule has 0 bridgehead atoms. The summed E-state index contributed by atoms with van der Waals surface area (Å²) < 4.78 is 17.8. The Kier molecular flexibility index (Phi) is 3.47. The highest BCUT2D eigenvalue weighted by Gasteiger charge is 2.23. The molecule has 0 saturated carbocycles. The first-order valence-electron chi connectivity index (χ1n) is 4.18. The maximum Gasteiger partial charge on any atom is 0.338 e. The molecule has 1 fully saturated rings. The molecule has 0 spiro atoms. The maximum absolute atomic E-state index is 12.6. The van der Waals surface area contributed by atoms with Crippen molar-refractivity contribution in [2.24, 2.45) is 0 Å². The standard InChI is InChI=1S/C8H13FO3/c9-7(8(10)11)5-6-3-1-2-4-12-6/h6-7H,1-5H2,(H,10,11)/t6-,7-/m0/s1. The number of ether oxygens (including phenoxy) is 1. The topological polar surface area (TPSA) is 46.5 Å². The van der Waals surface area contributed by atoms with E-state index < -0.39 is 12.1 Å². The molecular formula is C8H13FO3. The first kappa shape index (κ1) is 9.45. The summed E-state index contributed by atoms with van der Waals surface area (Å²) in [5.41, 5.74) is 0. The SMILES string of the molecule is O=C(O)[C@@H](F)C[C@@H]1CCCCO1. The number of alkyl halides is 1. The molecule has 1 N–H and O–H groups in total. The molecule has 0 aromatic carbocycles. The van der Waals surface area contributed by atoms with Crippen LogP contribution in [0.2, 0.25) is 0 Å². The van der Waals surface area contributed by atoms with Crippen LogP contribution in [0.4, 0.5) is 4.39 Å². The van der Waals surface area contributed by atoms with E-state index in [1.54, 1.807) is 0 Å². The minimum absolute atomic E-state index is 0.00463. The highest BCUT2D eigenvalue weighted by molar-refractivity contribution is 5.72. The zero-order chi connectivity index (χ0) is 8.97. The van der Waals surface area contributed by atoms with Crippen LogP contribution in [0.5, 0.6) is 0 Å². The third-order valence-corrected chi connectivity index (χ3v) is 2.01. The van der Waals surface area contributed by atoms with Gasteiger partial charge in [-0.25, -0.2) is 9.18 Å². The molecule has 0 unspecified atom stereocenters. The molecule has 0 amide bonds. The van der Waals surface area contributed by atoms with Gasteiger partial charge in [0.2, 0.25) is 0 Å². The normalized spacial score (nSPS) is 26.6. The van der Waals surface area contributed by atoms with Crippen LogP contribution in [0, 0.1) is 0 Å². The fourth-order valence-electron chi connectivity index (χ4n) is 1.32. The highest BCUT2D eigenvalue weighted by atomic mass is 19.1. The molecule has 0 radical (unpaired) electrons. The predicted octanol–water partition coefficient (Wildman–Crippen LogP) is 1.37. The third kappa shape index (κ3) is 2.77. The number of aliphatic carboxylic acids is 1. The summed E-state index contributed by atoms with van der Waals surface area (Å²) in [7, 11) is 0. The Labute approximate surface area is 70.5 Å². The van der Waals surface area contributed by atoms with Crippen molar-refractivity contribution in [1.82, 2.24) is 0 Å². The van der Waals surface area contributed by atoms with Crippen LogP contribution in [-0.4, -0.2) is 30.0 Å². The van der Waals surface area contributed by atoms with Gasteiger partial charge >= 0.3 is 5.97 Å². The maximum atomic E-state index is 12.6. The smallest absolute Gasteiger partial charge is 0.338 e. The molecule has 1 aliphatic heterocycles. The second kappa shape index (κ2) is 4.40. The summed E-state index contributed by atoms with van der Waals surface area (Å²) >= 11 is 0. The van der Waals surface area contributed by atoms with E-state index in [1.807, 2.05) is 0 Å². The predicted molar refractivity (Wildman–Crippen MR) is 40.7 cm³/mol. The Morgan fingerprint density at radius 1 is 1.67 bits per heavy atom. The lowest BCUT2D eigenvalue weighted by atomic mass is 10.0. The Morgan fingerprint density at radius 3 is 2.92 bits per heavy atom. The van der Waals surface area contributed by atoms with Crippen LogP contribution in [-0.2, 0) is 9.53 Å². The number of rotatable bonds is 3. The summed E-state index contributed by atoms with van der Waals surface area (Å²) in [5, 5.41) is 8.28. The van der Waals surface area contributed by atoms with Gasteiger partial charge in [0.25, 0.3) is 0 Å². The molecule has 1 heterocycles. The first-order chi connectivity index (χ1) is 5.70. The van der Waals surface area contributed by atoms with E-state index in [0.29, 0.717) is 6.61 Å². The zero-order valence-corrected chi connectivity index (χ0v) is 6.83. The molecule has 1 saturated heterocycles. The van der Waals surface area contributed by atoms with E-state index >= 15 is 0 Å². The van der Waals surface area contributed by atoms with Crippen molar-refractivity contribution in [3.05, 3.63) is 0 Å². The minimum atomic E-state index is -1.77. The molecule has 0 aromatic rings. The summed E-state index contributed by atoms with van der Waals surface area (Å²) in [5.74, 6) is -1.39. The number of hydrogen-bond donors (Lipinski definition) is 1. The van der Waals surface area contributed by atoms with E-state index in [4.69, 9.17) is 9.84 Å². The Bertz CT molecular complexity index is 154. The summed E-state index contributed by atoms with van der Waals surface area (Å²) in [4.78, 5) is 10.1. The van der Waals surface area contributed by atoms with Gasteiger partial charge in [0.05, 0.1) is 6.10 Å². The van der Waals surface area contributed by atoms with Gasteiger partial charge in [-0.2, -0.15) is 0 Å². The molecule has 0 aliphatic carbocycles. The fraction of sp³-hybridized carbons (Fsp3) is 0.875. The van der Waals surface area contributed by atoms with E-state index in [9.17, 15) is 9.18 Å². The van der Waals surface area contributed by atoms with Gasteiger partial charge in [0, 0.05) is 13.0 Å². The van der Waals surface area contributed by atoms with Gasteiger partial charge < -0.3 is 9.84 Å². The van der Waals surface area contributed by atoms with Gasteiger partial charge in [0.1, 0.15) is 0 Å². The quantitative estimate of drug-likeness (QED) is 0.706. The number of halogens is 1. The average Bonchev–Trinajstić information content (AvgIpc) is 2.06. The van der Waals surface area contributed by atoms with E-state index in [-0.39, 0.29) is 12.5 Å². The number of carboxylic acid groups (broad SMARTS) is 1. The van der Waals surface area contributed by atoms with Crippen molar-refractivity contribution in [3.8, 4) is 0 Å². The van der Waals surface area contributed by atoms with E-state index in [2.05, 4.69) is 0 Å². The van der Waals surface area contributed by atoms with Crippen molar-refractivity contribution in [2.45, 2.75) is 38.0 Å². The fourth-order valence-corrected chi connectivity index (χ4v) is 1.32. The molecule has 4 heteroatoms. The summed E-state index contributed by atoms with van der Waals surface area (Å²) in [6.45, 7) is 0.636. The second-order valence-electron chi connectivity index (χ2n) is 3.03. The van der Waals surface area contributed by atoms with Gasteiger partial charge in [-0.15, -0.1) is 0 Å². The third-order valence-electron chi connectivity index (χ3n) is 2.01. The van der Waals surface area contributed by atoms with Crippen LogP contribution >= 0.6 is 0 Å². The van der Waals surface area contributed by atoms with Crippen LogP contribution in [0.15, 0.2) is 0 Å². The van der Waals surface area contributed by atoms with Crippen LogP contribution in [0.3, 0.4) is 0 Å². The average molecular weight is 176 g/mol. The van der Waals surface area contributed by atoms with Crippen molar-refractivity contribution in [3.63, 3.8) is 0 Å². The summed E-state index contributed by atoms with van der Waals surface area (Å²) in [6, 6.07) is 0. The largest absolute Gasteiger partial charge is 0.479 e. The Morgan fingerprint density at radius 2 is 2.42 bits per heavy atom. The van der Waals surface area contributed by atoms with Gasteiger partial charge in [0.15, 0.2) is 6.17 Å². The molecule has 1 aliphatic rings. The van der Waals surface area contributed by atoms with Gasteiger partial charge in [-0.1, -0.05) is 0 Å².